The molecule has 0 spiro atoms. The number of halogens is 2. The molecular weight excluding hydrogens is 254 g/mol. The Balaban J connectivity index is 1.59. The fourth-order valence-electron chi connectivity index (χ4n) is 3.34. The summed E-state index contributed by atoms with van der Waals surface area (Å²) in [5.41, 5.74) is 0. The van der Waals surface area contributed by atoms with E-state index in [0.29, 0.717) is 13.1 Å². The Bertz CT molecular complexity index is 370. The maximum Gasteiger partial charge on any atom is 0.249 e. The van der Waals surface area contributed by atoms with Gasteiger partial charge in [-0.15, -0.1) is 0 Å². The quantitative estimate of drug-likeness (QED) is 0.714. The number of amides is 1. The van der Waals surface area contributed by atoms with Crippen LogP contribution >= 0.6 is 0 Å². The van der Waals surface area contributed by atoms with Gasteiger partial charge in [0.2, 0.25) is 11.8 Å². The van der Waals surface area contributed by atoms with Gasteiger partial charge in [-0.25, -0.2) is 8.78 Å². The highest BCUT2D eigenvalue weighted by Gasteiger charge is 2.50. The smallest absolute Gasteiger partial charge is 0.249 e. The van der Waals surface area contributed by atoms with Crippen molar-refractivity contribution in [2.24, 2.45) is 5.92 Å². The lowest BCUT2D eigenvalue weighted by Gasteiger charge is -2.47. The number of likely N-dealkylation sites (tertiary alicyclic amines) is 1. The first kappa shape index (κ1) is 13.2. The van der Waals surface area contributed by atoms with Crippen LogP contribution in [0.2, 0.25) is 0 Å². The highest BCUT2D eigenvalue weighted by Crippen LogP contribution is 2.43. The van der Waals surface area contributed by atoms with Crippen LogP contribution in [-0.2, 0) is 9.53 Å². The molecule has 1 unspecified atom stereocenters. The molecule has 1 amide bonds. The highest BCUT2D eigenvalue weighted by molar-refractivity contribution is 5.80. The molecule has 0 aromatic heterocycles. The number of hydrogen-bond donors (Lipinski definition) is 0. The Labute approximate surface area is 111 Å². The fourth-order valence-corrected chi connectivity index (χ4v) is 3.34. The zero-order valence-corrected chi connectivity index (χ0v) is 11.1. The van der Waals surface area contributed by atoms with E-state index in [2.05, 4.69) is 4.90 Å². The van der Waals surface area contributed by atoms with Crippen LogP contribution in [0.15, 0.2) is 0 Å². The molecule has 0 radical (unpaired) electrons. The predicted octanol–water partition coefficient (Wildman–Crippen LogP) is 0.963. The summed E-state index contributed by atoms with van der Waals surface area (Å²) in [5, 5.41) is 0. The van der Waals surface area contributed by atoms with Crippen LogP contribution in [0.25, 0.3) is 0 Å². The summed E-state index contributed by atoms with van der Waals surface area (Å²) in [7, 11) is 2.03. The number of ether oxygens (including phenoxy) is 1. The molecule has 108 valence electrons. The molecule has 4 nitrogen and oxygen atoms in total. The minimum absolute atomic E-state index is 0.0941. The van der Waals surface area contributed by atoms with Crippen molar-refractivity contribution in [3.05, 3.63) is 0 Å². The molecule has 1 aliphatic carbocycles. The fraction of sp³-hybridized carbons (Fsp3) is 0.923. The molecule has 0 aromatic carbocycles. The van der Waals surface area contributed by atoms with Crippen molar-refractivity contribution in [3.63, 3.8) is 0 Å². The van der Waals surface area contributed by atoms with Crippen LogP contribution in [-0.4, -0.2) is 67.1 Å². The zero-order chi connectivity index (χ0) is 13.6. The van der Waals surface area contributed by atoms with Crippen LogP contribution in [0.4, 0.5) is 8.78 Å². The maximum absolute atomic E-state index is 12.8. The molecule has 0 bridgehead atoms. The topological polar surface area (TPSA) is 32.8 Å². The van der Waals surface area contributed by atoms with Gasteiger partial charge in [-0.2, -0.15) is 0 Å². The van der Waals surface area contributed by atoms with Crippen LogP contribution in [0.1, 0.15) is 19.3 Å². The molecule has 3 aliphatic rings. The van der Waals surface area contributed by atoms with Gasteiger partial charge in [-0.1, -0.05) is 0 Å². The number of rotatable bonds is 1. The number of carbonyl (C=O) groups is 1. The third-order valence-corrected chi connectivity index (χ3v) is 4.61. The molecule has 2 aliphatic heterocycles. The second-order valence-electron chi connectivity index (χ2n) is 5.99. The normalized spacial score (nSPS) is 35.6. The molecule has 3 rings (SSSR count). The second kappa shape index (κ2) is 4.66. The Hall–Kier alpha value is -0.750. The number of carbonyl (C=O) groups excluding carboxylic acids is 1. The first-order chi connectivity index (χ1) is 8.96. The molecule has 6 heteroatoms. The molecule has 0 aromatic rings. The van der Waals surface area contributed by atoms with Crippen molar-refractivity contribution >= 4 is 5.91 Å². The molecular formula is C13H20F2N2O2. The lowest BCUT2D eigenvalue weighted by atomic mass is 9.80. The Kier molecular flexibility index (Phi) is 3.25. The number of morpholine rings is 1. The monoisotopic (exact) mass is 274 g/mol. The van der Waals surface area contributed by atoms with E-state index >= 15 is 0 Å². The molecule has 2 saturated heterocycles. The number of likely N-dealkylation sites (N-methyl/N-ethyl adjacent to an activating group) is 1. The molecule has 0 N–H and O–H groups in total. The lowest BCUT2D eigenvalue weighted by molar-refractivity contribution is -0.166. The van der Waals surface area contributed by atoms with Crippen LogP contribution in [0, 0.1) is 5.92 Å². The van der Waals surface area contributed by atoms with Gasteiger partial charge >= 0.3 is 0 Å². The number of nitrogens with zero attached hydrogens (tertiary/aromatic N) is 2. The van der Waals surface area contributed by atoms with Crippen molar-refractivity contribution in [1.82, 2.24) is 9.80 Å². The summed E-state index contributed by atoms with van der Waals surface area (Å²) in [6.45, 7) is 2.85. The Morgan fingerprint density at radius 3 is 2.74 bits per heavy atom. The van der Waals surface area contributed by atoms with E-state index in [1.54, 1.807) is 4.90 Å². The molecule has 19 heavy (non-hydrogen) atoms. The Morgan fingerprint density at radius 1 is 1.32 bits per heavy atom. The van der Waals surface area contributed by atoms with E-state index in [9.17, 15) is 13.6 Å². The van der Waals surface area contributed by atoms with Crippen molar-refractivity contribution in [3.8, 4) is 0 Å². The van der Waals surface area contributed by atoms with E-state index in [1.165, 1.54) is 0 Å². The van der Waals surface area contributed by atoms with Crippen molar-refractivity contribution in [1.29, 1.82) is 0 Å². The molecule has 2 heterocycles. The van der Waals surface area contributed by atoms with Gasteiger partial charge in [0, 0.05) is 38.4 Å². The van der Waals surface area contributed by atoms with Gasteiger partial charge < -0.3 is 9.64 Å². The van der Waals surface area contributed by atoms with Crippen LogP contribution in [0.3, 0.4) is 0 Å². The third kappa shape index (κ3) is 2.48. The first-order valence-electron chi connectivity index (χ1n) is 6.95. The van der Waals surface area contributed by atoms with Gasteiger partial charge in [-0.05, 0) is 13.5 Å². The van der Waals surface area contributed by atoms with E-state index in [-0.39, 0.29) is 30.9 Å². The van der Waals surface area contributed by atoms with Gasteiger partial charge in [0.15, 0.2) is 0 Å². The van der Waals surface area contributed by atoms with Crippen LogP contribution in [0.5, 0.6) is 0 Å². The zero-order valence-electron chi connectivity index (χ0n) is 11.1. The van der Waals surface area contributed by atoms with E-state index < -0.39 is 11.8 Å². The number of hydrogen-bond acceptors (Lipinski definition) is 3. The minimum Gasteiger partial charge on any atom is -0.375 e. The number of alkyl halides is 2. The second-order valence-corrected chi connectivity index (χ2v) is 5.99. The average molecular weight is 274 g/mol. The lowest BCUT2D eigenvalue weighted by Crippen LogP contribution is -2.61. The van der Waals surface area contributed by atoms with Gasteiger partial charge in [0.1, 0.15) is 0 Å². The molecule has 1 saturated carbocycles. The maximum atomic E-state index is 12.8. The standard InChI is InChI=1S/C13H20F2N2O2/c1-16-4-5-19-11-2-3-17(8-10(11)16)12(18)9-6-13(14,15)7-9/h9-11H,2-8H2,1H3/t10-,11?/m0/s1. The van der Waals surface area contributed by atoms with Gasteiger partial charge in [0.25, 0.3) is 0 Å². The summed E-state index contributed by atoms with van der Waals surface area (Å²) < 4.78 is 31.4. The molecule has 2 atom stereocenters. The van der Waals surface area contributed by atoms with Crippen molar-refractivity contribution < 1.29 is 18.3 Å². The van der Waals surface area contributed by atoms with Crippen molar-refractivity contribution in [2.75, 3.05) is 33.3 Å². The van der Waals surface area contributed by atoms with E-state index in [1.807, 2.05) is 7.05 Å². The van der Waals surface area contributed by atoms with E-state index in [0.717, 1.165) is 19.6 Å². The Morgan fingerprint density at radius 2 is 2.05 bits per heavy atom. The first-order valence-corrected chi connectivity index (χ1v) is 6.95. The summed E-state index contributed by atoms with van der Waals surface area (Å²) in [4.78, 5) is 16.2. The number of fused-ring (bicyclic) bond motifs is 1. The summed E-state index contributed by atoms with van der Waals surface area (Å²) >= 11 is 0. The van der Waals surface area contributed by atoms with E-state index in [4.69, 9.17) is 4.74 Å². The SMILES string of the molecule is CN1CCOC2CCN(C(=O)C3CC(F)(F)C3)C[C@@H]21. The van der Waals surface area contributed by atoms with Gasteiger partial charge in [-0.3, -0.25) is 9.69 Å². The largest absolute Gasteiger partial charge is 0.375 e. The molecule has 3 fully saturated rings. The van der Waals surface area contributed by atoms with Crippen LogP contribution < -0.4 is 0 Å². The summed E-state index contributed by atoms with van der Waals surface area (Å²) in [6.07, 6.45) is 0.445. The highest BCUT2D eigenvalue weighted by atomic mass is 19.3. The minimum atomic E-state index is -2.62. The summed E-state index contributed by atoms with van der Waals surface area (Å²) in [5.74, 6) is -3.19. The van der Waals surface area contributed by atoms with Crippen molar-refractivity contribution in [2.45, 2.75) is 37.3 Å². The average Bonchev–Trinajstić information content (AvgIpc) is 2.35. The van der Waals surface area contributed by atoms with Gasteiger partial charge in [0.05, 0.1) is 18.8 Å². The summed E-state index contributed by atoms with van der Waals surface area (Å²) in [6, 6.07) is 0.215. The third-order valence-electron chi connectivity index (χ3n) is 4.61. The predicted molar refractivity (Wildman–Crippen MR) is 65.0 cm³/mol. The number of piperidine rings is 1.